The molecule has 0 aliphatic rings. The van der Waals surface area contributed by atoms with Crippen molar-refractivity contribution in [3.63, 3.8) is 0 Å². The molecule has 0 heterocycles. The third kappa shape index (κ3) is 3.89. The van der Waals surface area contributed by atoms with Gasteiger partial charge < -0.3 is 15.7 Å². The normalized spacial score (nSPS) is 11.4. The van der Waals surface area contributed by atoms with Crippen molar-refractivity contribution in [2.24, 2.45) is 0 Å². The van der Waals surface area contributed by atoms with Gasteiger partial charge in [-0.25, -0.2) is 4.79 Å². The summed E-state index contributed by atoms with van der Waals surface area (Å²) in [6, 6.07) is 6.98. The van der Waals surface area contributed by atoms with E-state index in [4.69, 9.17) is 5.11 Å². The topological polar surface area (TPSA) is 95.5 Å². The third-order valence-corrected chi connectivity index (χ3v) is 2.31. The van der Waals surface area contributed by atoms with Gasteiger partial charge in [-0.05, 0) is 12.1 Å². The van der Waals surface area contributed by atoms with Crippen molar-refractivity contribution in [3.8, 4) is 0 Å². The minimum absolute atomic E-state index is 0.301. The number of rotatable bonds is 5. The average molecular weight is 250 g/mol. The van der Waals surface area contributed by atoms with Crippen molar-refractivity contribution in [2.45, 2.75) is 12.5 Å². The van der Waals surface area contributed by atoms with E-state index < -0.39 is 23.8 Å². The van der Waals surface area contributed by atoms with Gasteiger partial charge in [-0.1, -0.05) is 18.2 Å². The highest BCUT2D eigenvalue weighted by atomic mass is 16.4. The first kappa shape index (κ1) is 13.7. The van der Waals surface area contributed by atoms with Crippen LogP contribution in [-0.2, 0) is 9.59 Å². The summed E-state index contributed by atoms with van der Waals surface area (Å²) in [5, 5.41) is 13.5. The highest BCUT2D eigenvalue weighted by Crippen LogP contribution is 2.00. The Labute approximate surface area is 104 Å². The number of carboxylic acids is 1. The van der Waals surface area contributed by atoms with Gasteiger partial charge in [0, 0.05) is 12.6 Å². The van der Waals surface area contributed by atoms with Gasteiger partial charge in [0.05, 0.1) is 6.42 Å². The molecule has 1 rings (SSSR count). The fraction of sp³-hybridized carbons (Fsp3) is 0.250. The van der Waals surface area contributed by atoms with Crippen molar-refractivity contribution < 1.29 is 19.5 Å². The summed E-state index contributed by atoms with van der Waals surface area (Å²) in [6.07, 6.45) is -0.301. The quantitative estimate of drug-likeness (QED) is 0.685. The number of amides is 2. The Morgan fingerprint density at radius 1 is 1.22 bits per heavy atom. The second-order valence-corrected chi connectivity index (χ2v) is 3.61. The molecule has 0 radical (unpaired) electrons. The van der Waals surface area contributed by atoms with E-state index in [2.05, 4.69) is 10.6 Å². The lowest BCUT2D eigenvalue weighted by Crippen LogP contribution is -2.43. The summed E-state index contributed by atoms with van der Waals surface area (Å²) in [6.45, 7) is 0. The molecule has 18 heavy (non-hydrogen) atoms. The zero-order chi connectivity index (χ0) is 13.5. The van der Waals surface area contributed by atoms with E-state index in [1.54, 1.807) is 30.3 Å². The molecular weight excluding hydrogens is 236 g/mol. The largest absolute Gasteiger partial charge is 0.480 e. The Kier molecular flexibility index (Phi) is 4.86. The number of hydrogen-bond donors (Lipinski definition) is 3. The molecule has 0 bridgehead atoms. The van der Waals surface area contributed by atoms with Crippen LogP contribution in [0.3, 0.4) is 0 Å². The lowest BCUT2D eigenvalue weighted by Gasteiger charge is -2.13. The van der Waals surface area contributed by atoms with Gasteiger partial charge in [0.1, 0.15) is 6.04 Å². The summed E-state index contributed by atoms with van der Waals surface area (Å²) >= 11 is 0. The van der Waals surface area contributed by atoms with E-state index in [0.717, 1.165) is 0 Å². The molecule has 6 heteroatoms. The van der Waals surface area contributed by atoms with Gasteiger partial charge in [0.25, 0.3) is 5.91 Å². The first-order valence-electron chi connectivity index (χ1n) is 5.34. The molecule has 1 aromatic carbocycles. The number of nitrogens with one attached hydrogen (secondary N) is 2. The second kappa shape index (κ2) is 6.39. The first-order valence-corrected chi connectivity index (χ1v) is 5.34. The molecular formula is C12H14N2O4. The van der Waals surface area contributed by atoms with Crippen LogP contribution in [0.4, 0.5) is 0 Å². The highest BCUT2D eigenvalue weighted by molar-refractivity contribution is 5.97. The summed E-state index contributed by atoms with van der Waals surface area (Å²) in [5.74, 6) is -2.22. The van der Waals surface area contributed by atoms with E-state index in [1.807, 2.05) is 0 Å². The molecule has 2 amide bonds. The Morgan fingerprint density at radius 3 is 2.33 bits per heavy atom. The lowest BCUT2D eigenvalue weighted by molar-refractivity contribution is -0.141. The standard InChI is InChI=1S/C12H14N2O4/c1-13-10(15)7-9(12(17)18)14-11(16)8-5-3-2-4-6-8/h2-6,9H,7H2,1H3,(H,13,15)(H,14,16)(H,17,18). The van der Waals surface area contributed by atoms with E-state index in [0.29, 0.717) is 5.56 Å². The molecule has 0 saturated carbocycles. The van der Waals surface area contributed by atoms with Crippen molar-refractivity contribution >= 4 is 17.8 Å². The Balaban J connectivity index is 2.70. The smallest absolute Gasteiger partial charge is 0.326 e. The predicted molar refractivity (Wildman–Crippen MR) is 64.0 cm³/mol. The molecule has 0 spiro atoms. The Bertz CT molecular complexity index is 445. The first-order chi connectivity index (χ1) is 8.54. The second-order valence-electron chi connectivity index (χ2n) is 3.61. The summed E-state index contributed by atoms with van der Waals surface area (Å²) in [5.41, 5.74) is 0.348. The van der Waals surface area contributed by atoms with Crippen LogP contribution in [0.15, 0.2) is 30.3 Å². The summed E-state index contributed by atoms with van der Waals surface area (Å²) < 4.78 is 0. The molecule has 3 N–H and O–H groups in total. The number of benzene rings is 1. The van der Waals surface area contributed by atoms with Gasteiger partial charge in [0.15, 0.2) is 0 Å². The van der Waals surface area contributed by atoms with Gasteiger partial charge in [-0.15, -0.1) is 0 Å². The van der Waals surface area contributed by atoms with Crippen molar-refractivity contribution in [1.29, 1.82) is 0 Å². The maximum Gasteiger partial charge on any atom is 0.326 e. The van der Waals surface area contributed by atoms with Crippen LogP contribution in [0.1, 0.15) is 16.8 Å². The fourth-order valence-electron chi connectivity index (χ4n) is 1.32. The van der Waals surface area contributed by atoms with Crippen LogP contribution in [0, 0.1) is 0 Å². The van der Waals surface area contributed by atoms with Gasteiger partial charge in [0.2, 0.25) is 5.91 Å². The maximum absolute atomic E-state index is 11.7. The molecule has 0 aliphatic heterocycles. The summed E-state index contributed by atoms with van der Waals surface area (Å²) in [7, 11) is 1.40. The molecule has 1 atom stereocenters. The van der Waals surface area contributed by atoms with Gasteiger partial charge in [-0.2, -0.15) is 0 Å². The van der Waals surface area contributed by atoms with E-state index in [-0.39, 0.29) is 6.42 Å². The zero-order valence-corrected chi connectivity index (χ0v) is 9.84. The molecule has 0 aromatic heterocycles. The van der Waals surface area contributed by atoms with Crippen molar-refractivity contribution in [3.05, 3.63) is 35.9 Å². The number of hydrogen-bond acceptors (Lipinski definition) is 3. The predicted octanol–water partition coefficient (Wildman–Crippen LogP) is 0.00570. The SMILES string of the molecule is CNC(=O)CC(NC(=O)c1ccccc1)C(=O)O. The van der Waals surface area contributed by atoms with E-state index in [9.17, 15) is 14.4 Å². The average Bonchev–Trinajstić information content (AvgIpc) is 2.38. The van der Waals surface area contributed by atoms with Crippen molar-refractivity contribution in [1.82, 2.24) is 10.6 Å². The third-order valence-electron chi connectivity index (χ3n) is 2.31. The minimum Gasteiger partial charge on any atom is -0.480 e. The van der Waals surface area contributed by atoms with Gasteiger partial charge in [-0.3, -0.25) is 9.59 Å². The highest BCUT2D eigenvalue weighted by Gasteiger charge is 2.23. The van der Waals surface area contributed by atoms with Crippen LogP contribution in [0.25, 0.3) is 0 Å². The van der Waals surface area contributed by atoms with Crippen LogP contribution in [0.2, 0.25) is 0 Å². The Morgan fingerprint density at radius 2 is 1.83 bits per heavy atom. The monoisotopic (exact) mass is 250 g/mol. The molecule has 0 aliphatic carbocycles. The number of carboxylic acid groups (broad SMARTS) is 1. The van der Waals surface area contributed by atoms with E-state index in [1.165, 1.54) is 7.05 Å². The van der Waals surface area contributed by atoms with E-state index >= 15 is 0 Å². The molecule has 96 valence electrons. The van der Waals surface area contributed by atoms with Crippen molar-refractivity contribution in [2.75, 3.05) is 7.05 Å². The summed E-state index contributed by atoms with van der Waals surface area (Å²) in [4.78, 5) is 33.8. The lowest BCUT2D eigenvalue weighted by atomic mass is 10.1. The molecule has 1 aromatic rings. The zero-order valence-electron chi connectivity index (χ0n) is 9.84. The van der Waals surface area contributed by atoms with Gasteiger partial charge >= 0.3 is 5.97 Å². The van der Waals surface area contributed by atoms with Crippen LogP contribution in [0.5, 0.6) is 0 Å². The number of carbonyl (C=O) groups is 3. The molecule has 6 nitrogen and oxygen atoms in total. The van der Waals surface area contributed by atoms with Crippen LogP contribution in [-0.4, -0.2) is 36.0 Å². The minimum atomic E-state index is -1.25. The number of carbonyl (C=O) groups excluding carboxylic acids is 2. The molecule has 0 fully saturated rings. The van der Waals surface area contributed by atoms with Crippen LogP contribution >= 0.6 is 0 Å². The van der Waals surface area contributed by atoms with Crippen LogP contribution < -0.4 is 10.6 Å². The molecule has 0 saturated heterocycles. The molecule has 1 unspecified atom stereocenters. The number of aliphatic carboxylic acids is 1. The Hall–Kier alpha value is -2.37. The maximum atomic E-state index is 11.7. The fourth-order valence-corrected chi connectivity index (χ4v) is 1.32.